The van der Waals surface area contributed by atoms with E-state index in [-0.39, 0.29) is 34.8 Å². The van der Waals surface area contributed by atoms with E-state index in [2.05, 4.69) is 36.4 Å². The summed E-state index contributed by atoms with van der Waals surface area (Å²) in [5.74, 6) is -1.10. The number of halogens is 3. The minimum atomic E-state index is -2.12. The summed E-state index contributed by atoms with van der Waals surface area (Å²) in [6, 6.07) is 41.9. The quantitative estimate of drug-likeness (QED) is 0.0345. The Kier molecular flexibility index (Phi) is 12.3. The Morgan fingerprint density at radius 3 is 1.65 bits per heavy atom. The fourth-order valence-electron chi connectivity index (χ4n) is 5.40. The largest absolute Gasteiger partial charge is 1.00 e. The Labute approximate surface area is 288 Å². The number of nitro benzene ring substituents is 1. The highest BCUT2D eigenvalue weighted by Gasteiger charge is 2.44. The van der Waals surface area contributed by atoms with Crippen LogP contribution in [0.3, 0.4) is 0 Å². The van der Waals surface area contributed by atoms with E-state index in [0.29, 0.717) is 29.3 Å². The van der Waals surface area contributed by atoms with Gasteiger partial charge in [0.25, 0.3) is 0 Å². The summed E-state index contributed by atoms with van der Waals surface area (Å²) in [6.07, 6.45) is 1.33. The first-order valence-corrected chi connectivity index (χ1v) is 17.1. The summed E-state index contributed by atoms with van der Waals surface area (Å²) in [5.41, 5.74) is 1.16. The van der Waals surface area contributed by atoms with Gasteiger partial charge in [-0.1, -0.05) is 108 Å². The maximum Gasteiger partial charge on any atom is 0.312 e. The van der Waals surface area contributed by atoms with Gasteiger partial charge in [-0.25, -0.2) is 0 Å². The molecule has 0 atom stereocenters. The van der Waals surface area contributed by atoms with E-state index in [4.69, 9.17) is 27.9 Å². The Morgan fingerprint density at radius 1 is 0.717 bits per heavy atom. The minimum absolute atomic E-state index is 0. The zero-order valence-electron chi connectivity index (χ0n) is 24.5. The molecule has 0 aliphatic heterocycles. The van der Waals surface area contributed by atoms with E-state index in [1.165, 1.54) is 28.0 Å². The van der Waals surface area contributed by atoms with Gasteiger partial charge in [-0.15, -0.1) is 0 Å². The van der Waals surface area contributed by atoms with E-state index in [1.54, 1.807) is 30.3 Å². The predicted octanol–water partition coefficient (Wildman–Crippen LogP) is 4.93. The van der Waals surface area contributed by atoms with E-state index in [9.17, 15) is 19.7 Å². The summed E-state index contributed by atoms with van der Waals surface area (Å²) in [5, 5.41) is 15.6. The summed E-state index contributed by atoms with van der Waals surface area (Å²) in [6.45, 7) is 0. The highest BCUT2D eigenvalue weighted by Crippen LogP contribution is 2.56. The molecule has 10 heteroatoms. The molecular weight excluding hydrogens is 708 g/mol. The lowest BCUT2D eigenvalue weighted by Crippen LogP contribution is -3.00. The molecule has 0 aliphatic carbocycles. The van der Waals surface area contributed by atoms with Crippen LogP contribution < -0.4 is 37.6 Å². The monoisotopic (exact) mass is 735 g/mol. The lowest BCUT2D eigenvalue weighted by molar-refractivity contribution is -0.385. The van der Waals surface area contributed by atoms with Gasteiger partial charge in [0.05, 0.1) is 11.1 Å². The SMILES string of the molecule is O=C(CCC[P+](c1ccccc1)(c1ccccc1)c1ccccc1)Oc1ccc(-c2ccc(C(=O)C(Cl)Cl)cc2)cc1[N+](=O)[O-].[Br-]. The van der Waals surface area contributed by atoms with Crippen LogP contribution in [0.4, 0.5) is 5.69 Å². The van der Waals surface area contributed by atoms with Crippen molar-refractivity contribution < 1.29 is 36.2 Å². The number of hydrogen-bond acceptors (Lipinski definition) is 5. The number of benzene rings is 5. The van der Waals surface area contributed by atoms with Crippen molar-refractivity contribution in [1.29, 1.82) is 0 Å². The fourth-order valence-corrected chi connectivity index (χ4v) is 9.99. The lowest BCUT2D eigenvalue weighted by Gasteiger charge is -2.27. The molecule has 0 saturated carbocycles. The van der Waals surface area contributed by atoms with Gasteiger partial charge in [0.15, 0.2) is 10.6 Å². The third-order valence-corrected chi connectivity index (χ3v) is 12.5. The molecule has 5 aromatic rings. The highest BCUT2D eigenvalue weighted by molar-refractivity contribution is 7.95. The van der Waals surface area contributed by atoms with Gasteiger partial charge < -0.3 is 21.7 Å². The first-order valence-electron chi connectivity index (χ1n) is 14.3. The van der Waals surface area contributed by atoms with Gasteiger partial charge in [-0.05, 0) is 60.0 Å². The van der Waals surface area contributed by atoms with Gasteiger partial charge in [-0.2, -0.15) is 0 Å². The van der Waals surface area contributed by atoms with Crippen LogP contribution in [0.25, 0.3) is 11.1 Å². The number of Topliss-reactive ketones (excluding diaryl/α,β-unsaturated/α-hetero) is 1. The molecule has 0 amide bonds. The van der Waals surface area contributed by atoms with Crippen LogP contribution in [-0.2, 0) is 4.79 Å². The number of carbonyl (C=O) groups excluding carboxylic acids is 2. The zero-order chi connectivity index (χ0) is 31.8. The standard InChI is InChI=1S/C36H29Cl2NO5P.BrH/c37-36(38)35(41)27-20-18-26(19-21-27)28-22-23-33(32(25-28)39(42)43)44-34(40)17-10-24-45(29-11-4-1-5-12-29,30-13-6-2-7-14-30)31-15-8-3-9-16-31;/h1-9,11-16,18-23,25,36H,10,17,24H2;1H/q+1;/p-1. The molecule has 46 heavy (non-hydrogen) atoms. The van der Waals surface area contributed by atoms with Crippen LogP contribution in [0, 0.1) is 10.1 Å². The normalized spacial score (nSPS) is 11.0. The molecule has 0 aliphatic rings. The third-order valence-electron chi connectivity index (χ3n) is 7.55. The van der Waals surface area contributed by atoms with Gasteiger partial charge in [-0.3, -0.25) is 19.7 Å². The third kappa shape index (κ3) is 7.91. The van der Waals surface area contributed by atoms with Crippen LogP contribution in [-0.4, -0.2) is 27.7 Å². The lowest BCUT2D eigenvalue weighted by atomic mass is 10.0. The van der Waals surface area contributed by atoms with Crippen LogP contribution in [0.5, 0.6) is 5.75 Å². The molecular formula is C36H29BrCl2NO5P. The molecule has 0 bridgehead atoms. The van der Waals surface area contributed by atoms with E-state index < -0.39 is 28.8 Å². The number of carbonyl (C=O) groups is 2. The van der Waals surface area contributed by atoms with Gasteiger partial charge >= 0.3 is 11.7 Å². The average molecular weight is 737 g/mol. The smallest absolute Gasteiger partial charge is 0.312 e. The number of esters is 1. The average Bonchev–Trinajstić information content (AvgIpc) is 3.08. The molecule has 5 aromatic carbocycles. The molecule has 234 valence electrons. The Balaban J connectivity index is 0.00000480. The van der Waals surface area contributed by atoms with Crippen molar-refractivity contribution in [3.63, 3.8) is 0 Å². The van der Waals surface area contributed by atoms with Crippen LogP contribution in [0.15, 0.2) is 133 Å². The Bertz CT molecular complexity index is 1690. The Hall–Kier alpha value is -3.87. The maximum absolute atomic E-state index is 13.1. The van der Waals surface area contributed by atoms with Gasteiger partial charge in [0, 0.05) is 18.1 Å². The highest BCUT2D eigenvalue weighted by atomic mass is 79.9. The number of nitrogens with zero attached hydrogens (tertiary/aromatic N) is 1. The molecule has 0 heterocycles. The van der Waals surface area contributed by atoms with Crippen molar-refractivity contribution in [2.75, 3.05) is 6.16 Å². The molecule has 0 spiro atoms. The fraction of sp³-hybridized carbons (Fsp3) is 0.111. The van der Waals surface area contributed by atoms with Crippen molar-refractivity contribution in [3.8, 4) is 16.9 Å². The van der Waals surface area contributed by atoms with Crippen molar-refractivity contribution >= 4 is 63.8 Å². The van der Waals surface area contributed by atoms with E-state index in [0.717, 1.165) is 0 Å². The second-order valence-corrected chi connectivity index (χ2v) is 15.0. The van der Waals surface area contributed by atoms with Crippen LogP contribution in [0.1, 0.15) is 23.2 Å². The Morgan fingerprint density at radius 2 is 1.20 bits per heavy atom. The van der Waals surface area contributed by atoms with Crippen molar-refractivity contribution in [2.45, 2.75) is 17.7 Å². The second kappa shape index (κ2) is 16.1. The number of hydrogen-bond donors (Lipinski definition) is 0. The van der Waals surface area contributed by atoms with E-state index in [1.807, 2.05) is 54.6 Å². The minimum Gasteiger partial charge on any atom is -1.00 e. The molecule has 0 saturated heterocycles. The van der Waals surface area contributed by atoms with Crippen molar-refractivity contribution in [1.82, 2.24) is 0 Å². The predicted molar refractivity (Wildman–Crippen MR) is 183 cm³/mol. The molecule has 5 rings (SSSR count). The molecule has 0 radical (unpaired) electrons. The summed E-state index contributed by atoms with van der Waals surface area (Å²) in [7, 11) is -2.12. The molecule has 0 fully saturated rings. The van der Waals surface area contributed by atoms with Crippen LogP contribution >= 0.6 is 30.5 Å². The first kappa shape index (κ1) is 35.0. The number of alkyl halides is 2. The first-order chi connectivity index (χ1) is 21.8. The molecule has 0 N–H and O–H groups in total. The maximum atomic E-state index is 13.1. The van der Waals surface area contributed by atoms with Crippen LogP contribution in [0.2, 0.25) is 0 Å². The molecule has 0 unspecified atom stereocenters. The second-order valence-electron chi connectivity index (χ2n) is 10.3. The van der Waals surface area contributed by atoms with Gasteiger partial charge in [0.2, 0.25) is 5.75 Å². The zero-order valence-corrected chi connectivity index (χ0v) is 28.5. The molecule has 6 nitrogen and oxygen atoms in total. The van der Waals surface area contributed by atoms with E-state index >= 15 is 0 Å². The number of rotatable bonds is 12. The van der Waals surface area contributed by atoms with Crippen molar-refractivity contribution in [3.05, 3.63) is 149 Å². The van der Waals surface area contributed by atoms with Gasteiger partial charge in [0.1, 0.15) is 23.2 Å². The number of ether oxygens (including phenoxy) is 1. The van der Waals surface area contributed by atoms with Crippen molar-refractivity contribution in [2.24, 2.45) is 0 Å². The number of nitro groups is 1. The summed E-state index contributed by atoms with van der Waals surface area (Å²) < 4.78 is 5.56. The summed E-state index contributed by atoms with van der Waals surface area (Å²) >= 11 is 11.3. The topological polar surface area (TPSA) is 86.5 Å². The summed E-state index contributed by atoms with van der Waals surface area (Å²) in [4.78, 5) is 35.3. The molecule has 0 aromatic heterocycles. The number of ketones is 1.